The molecule has 116 valence electrons. The number of anilines is 1. The standard InChI is InChI=1S/C18H22N2S2/c1-14-10-15(2)12-17(11-14)20-18(21)19-8-9-22-13-16-6-4-3-5-7-16/h3-7,10-12H,8-9,13H2,1-2H3,(H2,19,20,21). The number of nitrogens with one attached hydrogen (secondary N) is 2. The van der Waals surface area contributed by atoms with Crippen molar-refractivity contribution in [2.24, 2.45) is 0 Å². The molecule has 0 heterocycles. The molecule has 2 N–H and O–H groups in total. The van der Waals surface area contributed by atoms with E-state index in [0.717, 1.165) is 23.7 Å². The van der Waals surface area contributed by atoms with Crippen LogP contribution >= 0.6 is 24.0 Å². The molecule has 0 saturated carbocycles. The van der Waals surface area contributed by atoms with Crippen molar-refractivity contribution in [3.05, 3.63) is 65.2 Å². The van der Waals surface area contributed by atoms with Gasteiger partial charge >= 0.3 is 0 Å². The van der Waals surface area contributed by atoms with Gasteiger partial charge in [-0.2, -0.15) is 11.8 Å². The van der Waals surface area contributed by atoms with Crippen LogP contribution in [0.5, 0.6) is 0 Å². The second-order valence-electron chi connectivity index (χ2n) is 5.30. The lowest BCUT2D eigenvalue weighted by Gasteiger charge is -2.11. The molecule has 2 rings (SSSR count). The molecule has 0 saturated heterocycles. The topological polar surface area (TPSA) is 24.1 Å². The third-order valence-corrected chi connectivity index (χ3v) is 4.40. The van der Waals surface area contributed by atoms with Crippen molar-refractivity contribution >= 4 is 34.8 Å². The lowest BCUT2D eigenvalue weighted by Crippen LogP contribution is -2.30. The summed E-state index contributed by atoms with van der Waals surface area (Å²) in [7, 11) is 0. The number of thiocarbonyl (C=S) groups is 1. The highest BCUT2D eigenvalue weighted by molar-refractivity contribution is 7.98. The number of hydrogen-bond donors (Lipinski definition) is 2. The summed E-state index contributed by atoms with van der Waals surface area (Å²) in [5.74, 6) is 2.07. The van der Waals surface area contributed by atoms with Gasteiger partial charge in [-0.3, -0.25) is 0 Å². The average Bonchev–Trinajstić information content (AvgIpc) is 2.47. The van der Waals surface area contributed by atoms with E-state index >= 15 is 0 Å². The Morgan fingerprint density at radius 2 is 1.73 bits per heavy atom. The monoisotopic (exact) mass is 330 g/mol. The summed E-state index contributed by atoms with van der Waals surface area (Å²) in [5, 5.41) is 7.18. The zero-order valence-corrected chi connectivity index (χ0v) is 14.7. The van der Waals surface area contributed by atoms with Crippen molar-refractivity contribution in [1.29, 1.82) is 0 Å². The van der Waals surface area contributed by atoms with Crippen LogP contribution in [0, 0.1) is 13.8 Å². The van der Waals surface area contributed by atoms with Crippen LogP contribution in [0.1, 0.15) is 16.7 Å². The number of benzene rings is 2. The Balaban J connectivity index is 1.65. The molecule has 0 aliphatic rings. The first-order chi connectivity index (χ1) is 10.6. The molecule has 22 heavy (non-hydrogen) atoms. The van der Waals surface area contributed by atoms with E-state index in [1.807, 2.05) is 17.8 Å². The second-order valence-corrected chi connectivity index (χ2v) is 6.81. The normalized spacial score (nSPS) is 10.3. The van der Waals surface area contributed by atoms with Crippen molar-refractivity contribution in [1.82, 2.24) is 5.32 Å². The Morgan fingerprint density at radius 3 is 2.41 bits per heavy atom. The van der Waals surface area contributed by atoms with Crippen molar-refractivity contribution in [2.45, 2.75) is 19.6 Å². The van der Waals surface area contributed by atoms with Crippen LogP contribution in [0.15, 0.2) is 48.5 Å². The molecule has 0 fully saturated rings. The molecule has 0 aliphatic carbocycles. The molecule has 0 aromatic heterocycles. The van der Waals surface area contributed by atoms with Crippen LogP contribution < -0.4 is 10.6 Å². The second kappa shape index (κ2) is 8.81. The zero-order chi connectivity index (χ0) is 15.8. The Morgan fingerprint density at radius 1 is 1.05 bits per heavy atom. The van der Waals surface area contributed by atoms with E-state index < -0.39 is 0 Å². The van der Waals surface area contributed by atoms with Crippen molar-refractivity contribution in [3.63, 3.8) is 0 Å². The van der Waals surface area contributed by atoms with Crippen LogP contribution in [0.4, 0.5) is 5.69 Å². The van der Waals surface area contributed by atoms with Gasteiger partial charge in [-0.15, -0.1) is 0 Å². The summed E-state index contributed by atoms with van der Waals surface area (Å²) >= 11 is 7.24. The molecule has 0 atom stereocenters. The highest BCUT2D eigenvalue weighted by Gasteiger charge is 1.99. The van der Waals surface area contributed by atoms with Gasteiger partial charge in [0, 0.05) is 23.7 Å². The van der Waals surface area contributed by atoms with E-state index in [1.54, 1.807) is 0 Å². The minimum atomic E-state index is 0.685. The fourth-order valence-electron chi connectivity index (χ4n) is 2.22. The molecule has 0 bridgehead atoms. The molecule has 2 aromatic carbocycles. The van der Waals surface area contributed by atoms with Crippen molar-refractivity contribution < 1.29 is 0 Å². The fourth-order valence-corrected chi connectivity index (χ4v) is 3.26. The van der Waals surface area contributed by atoms with Gasteiger partial charge in [0.25, 0.3) is 0 Å². The SMILES string of the molecule is Cc1cc(C)cc(NC(=S)NCCSCc2ccccc2)c1. The largest absolute Gasteiger partial charge is 0.362 e. The molecule has 0 aliphatic heterocycles. The highest BCUT2D eigenvalue weighted by Crippen LogP contribution is 2.14. The summed E-state index contributed by atoms with van der Waals surface area (Å²) in [6.45, 7) is 5.05. The molecule has 0 spiro atoms. The summed E-state index contributed by atoms with van der Waals surface area (Å²) in [6, 6.07) is 16.9. The summed E-state index contributed by atoms with van der Waals surface area (Å²) in [5.41, 5.74) is 4.89. The van der Waals surface area contributed by atoms with E-state index in [2.05, 4.69) is 66.9 Å². The predicted molar refractivity (Wildman–Crippen MR) is 103 cm³/mol. The van der Waals surface area contributed by atoms with E-state index in [-0.39, 0.29) is 0 Å². The first-order valence-electron chi connectivity index (χ1n) is 7.38. The Bertz CT molecular complexity index is 591. The molecule has 0 radical (unpaired) electrons. The summed E-state index contributed by atoms with van der Waals surface area (Å²) < 4.78 is 0. The number of hydrogen-bond acceptors (Lipinski definition) is 2. The minimum Gasteiger partial charge on any atom is -0.362 e. The Kier molecular flexibility index (Phi) is 6.74. The molecule has 2 nitrogen and oxygen atoms in total. The number of rotatable bonds is 6. The molecule has 0 unspecified atom stereocenters. The van der Waals surface area contributed by atoms with Crippen molar-refractivity contribution in [2.75, 3.05) is 17.6 Å². The lowest BCUT2D eigenvalue weighted by atomic mass is 10.1. The zero-order valence-electron chi connectivity index (χ0n) is 13.1. The molecule has 4 heteroatoms. The molecular weight excluding hydrogens is 308 g/mol. The third kappa shape index (κ3) is 6.08. The molecular formula is C18H22N2S2. The van der Waals surface area contributed by atoms with Crippen molar-refractivity contribution in [3.8, 4) is 0 Å². The van der Waals surface area contributed by atoms with Gasteiger partial charge in [0.2, 0.25) is 0 Å². The van der Waals surface area contributed by atoms with Gasteiger partial charge < -0.3 is 10.6 Å². The lowest BCUT2D eigenvalue weighted by molar-refractivity contribution is 0.989. The van der Waals surface area contributed by atoms with Gasteiger partial charge in [-0.25, -0.2) is 0 Å². The third-order valence-electron chi connectivity index (χ3n) is 3.12. The fraction of sp³-hybridized carbons (Fsp3) is 0.278. The maximum absolute atomic E-state index is 5.33. The van der Waals surface area contributed by atoms with Crippen LogP contribution in [-0.2, 0) is 5.75 Å². The minimum absolute atomic E-state index is 0.685. The van der Waals surface area contributed by atoms with Crippen LogP contribution in [0.2, 0.25) is 0 Å². The van der Waals surface area contributed by atoms with Crippen LogP contribution in [0.3, 0.4) is 0 Å². The molecule has 0 amide bonds. The van der Waals surface area contributed by atoms with Gasteiger partial charge in [-0.1, -0.05) is 36.4 Å². The number of thioether (sulfide) groups is 1. The van der Waals surface area contributed by atoms with E-state index in [4.69, 9.17) is 12.2 Å². The average molecular weight is 331 g/mol. The summed E-state index contributed by atoms with van der Waals surface area (Å²) in [4.78, 5) is 0. The quantitative estimate of drug-likeness (QED) is 0.600. The predicted octanol–water partition coefficient (Wildman–Crippen LogP) is 4.52. The Hall–Kier alpha value is -1.52. The van der Waals surface area contributed by atoms with E-state index in [1.165, 1.54) is 16.7 Å². The van der Waals surface area contributed by atoms with Gasteiger partial charge in [0.1, 0.15) is 0 Å². The maximum Gasteiger partial charge on any atom is 0.170 e. The Labute approximate surface area is 142 Å². The van der Waals surface area contributed by atoms with E-state index in [0.29, 0.717) is 5.11 Å². The van der Waals surface area contributed by atoms with E-state index in [9.17, 15) is 0 Å². The highest BCUT2D eigenvalue weighted by atomic mass is 32.2. The van der Waals surface area contributed by atoms with Gasteiger partial charge in [0.15, 0.2) is 5.11 Å². The van der Waals surface area contributed by atoms with Gasteiger partial charge in [-0.05, 0) is 54.9 Å². The van der Waals surface area contributed by atoms with Crippen LogP contribution in [-0.4, -0.2) is 17.4 Å². The van der Waals surface area contributed by atoms with Crippen LogP contribution in [0.25, 0.3) is 0 Å². The number of aryl methyl sites for hydroxylation is 2. The summed E-state index contributed by atoms with van der Waals surface area (Å²) in [6.07, 6.45) is 0. The van der Waals surface area contributed by atoms with Gasteiger partial charge in [0.05, 0.1) is 0 Å². The maximum atomic E-state index is 5.33. The molecule has 2 aromatic rings. The smallest absolute Gasteiger partial charge is 0.170 e. The first-order valence-corrected chi connectivity index (χ1v) is 8.94. The first kappa shape index (κ1) is 16.8.